The van der Waals surface area contributed by atoms with E-state index >= 15 is 0 Å². The zero-order valence-corrected chi connectivity index (χ0v) is 24.5. The normalized spacial score (nSPS) is 19.3. The minimum atomic E-state index is -0.977. The van der Waals surface area contributed by atoms with Crippen molar-refractivity contribution in [2.24, 2.45) is 11.1 Å². The molecule has 4 rings (SSSR count). The summed E-state index contributed by atoms with van der Waals surface area (Å²) in [6, 6.07) is 22.6. The Morgan fingerprint density at radius 3 is 2.27 bits per heavy atom. The van der Waals surface area contributed by atoms with Crippen molar-refractivity contribution in [3.8, 4) is 5.75 Å². The molecule has 0 saturated carbocycles. The number of nitrogens with zero attached hydrogens (tertiary/aromatic N) is 2. The number of hydrazine groups is 1. The lowest BCUT2D eigenvalue weighted by Gasteiger charge is -2.35. The maximum Gasteiger partial charge on any atom is 0.320 e. The van der Waals surface area contributed by atoms with E-state index in [1.807, 2.05) is 82.3 Å². The van der Waals surface area contributed by atoms with Gasteiger partial charge in [0.15, 0.2) is 0 Å². The van der Waals surface area contributed by atoms with Gasteiger partial charge < -0.3 is 10.5 Å². The van der Waals surface area contributed by atoms with Gasteiger partial charge in [-0.1, -0.05) is 87.0 Å². The molecule has 0 spiro atoms. The average molecular weight is 557 g/mol. The molecule has 0 aliphatic carbocycles. The molecule has 4 amide bonds. The SMILES string of the molecule is COc1cccc(N(C(N)=O)C2CC(c3ccccc3)CC(c3ccc(C)cc3)N(NC(=O)CC(C)(C)C)C2=O)c1. The molecule has 41 heavy (non-hydrogen) atoms. The van der Waals surface area contributed by atoms with E-state index in [9.17, 15) is 14.4 Å². The van der Waals surface area contributed by atoms with Gasteiger partial charge in [-0.3, -0.25) is 19.9 Å². The van der Waals surface area contributed by atoms with Crippen molar-refractivity contribution in [3.05, 3.63) is 95.6 Å². The highest BCUT2D eigenvalue weighted by Gasteiger charge is 2.43. The van der Waals surface area contributed by atoms with Gasteiger partial charge in [0, 0.05) is 12.5 Å². The molecular weight excluding hydrogens is 516 g/mol. The van der Waals surface area contributed by atoms with Gasteiger partial charge in [0.1, 0.15) is 11.8 Å². The van der Waals surface area contributed by atoms with E-state index in [1.54, 1.807) is 24.3 Å². The van der Waals surface area contributed by atoms with Crippen LogP contribution in [0.25, 0.3) is 0 Å². The molecule has 1 fully saturated rings. The van der Waals surface area contributed by atoms with Crippen LogP contribution in [0.3, 0.4) is 0 Å². The number of rotatable bonds is 7. The first-order valence-electron chi connectivity index (χ1n) is 13.9. The molecule has 8 heteroatoms. The van der Waals surface area contributed by atoms with Crippen molar-refractivity contribution in [3.63, 3.8) is 0 Å². The summed E-state index contributed by atoms with van der Waals surface area (Å²) in [6.07, 6.45) is 1.08. The molecule has 0 radical (unpaired) electrons. The zero-order valence-electron chi connectivity index (χ0n) is 24.5. The molecule has 0 aromatic heterocycles. The van der Waals surface area contributed by atoms with E-state index in [0.29, 0.717) is 24.3 Å². The van der Waals surface area contributed by atoms with Crippen molar-refractivity contribution in [2.45, 2.75) is 65.0 Å². The maximum absolute atomic E-state index is 14.6. The second-order valence-corrected chi connectivity index (χ2v) is 11.9. The number of benzene rings is 3. The molecule has 1 saturated heterocycles. The number of hydrogen-bond acceptors (Lipinski definition) is 4. The number of primary amides is 1. The summed E-state index contributed by atoms with van der Waals surface area (Å²) in [7, 11) is 1.54. The topological polar surface area (TPSA) is 105 Å². The Hall–Kier alpha value is -4.33. The van der Waals surface area contributed by atoms with Crippen LogP contribution in [0.4, 0.5) is 10.5 Å². The maximum atomic E-state index is 14.6. The lowest BCUT2D eigenvalue weighted by molar-refractivity contribution is -0.145. The Morgan fingerprint density at radius 1 is 0.976 bits per heavy atom. The summed E-state index contributed by atoms with van der Waals surface area (Å²) in [4.78, 5) is 42.3. The van der Waals surface area contributed by atoms with Crippen LogP contribution in [-0.4, -0.2) is 36.0 Å². The fraction of sp³-hybridized carbons (Fsp3) is 0.364. The molecule has 1 heterocycles. The Morgan fingerprint density at radius 2 is 1.66 bits per heavy atom. The third kappa shape index (κ3) is 7.25. The Labute approximate surface area is 242 Å². The minimum absolute atomic E-state index is 0.117. The summed E-state index contributed by atoms with van der Waals surface area (Å²) < 4.78 is 5.39. The molecule has 3 aromatic carbocycles. The molecule has 216 valence electrons. The van der Waals surface area contributed by atoms with E-state index in [0.717, 1.165) is 16.7 Å². The number of urea groups is 1. The molecule has 8 nitrogen and oxygen atoms in total. The number of aryl methyl sites for hydroxylation is 1. The quantitative estimate of drug-likeness (QED) is 0.380. The Balaban J connectivity index is 1.86. The number of hydrogen-bond donors (Lipinski definition) is 2. The number of amides is 4. The summed E-state index contributed by atoms with van der Waals surface area (Å²) in [6.45, 7) is 7.92. The van der Waals surface area contributed by atoms with Crippen LogP contribution in [0, 0.1) is 12.3 Å². The molecule has 1 aliphatic rings. The molecule has 1 aliphatic heterocycles. The van der Waals surface area contributed by atoms with Gasteiger partial charge in [-0.05, 0) is 54.4 Å². The van der Waals surface area contributed by atoms with Crippen LogP contribution in [0.15, 0.2) is 78.9 Å². The number of carbonyl (C=O) groups excluding carboxylic acids is 3. The highest BCUT2D eigenvalue weighted by atomic mass is 16.5. The fourth-order valence-corrected chi connectivity index (χ4v) is 5.45. The lowest BCUT2D eigenvalue weighted by atomic mass is 9.86. The first-order valence-corrected chi connectivity index (χ1v) is 13.9. The minimum Gasteiger partial charge on any atom is -0.497 e. The monoisotopic (exact) mass is 556 g/mol. The van der Waals surface area contributed by atoms with Crippen LogP contribution in [0.1, 0.15) is 68.7 Å². The smallest absolute Gasteiger partial charge is 0.320 e. The van der Waals surface area contributed by atoms with Gasteiger partial charge in [0.25, 0.3) is 5.91 Å². The van der Waals surface area contributed by atoms with E-state index in [2.05, 4.69) is 5.43 Å². The van der Waals surface area contributed by atoms with Gasteiger partial charge in [0.2, 0.25) is 5.91 Å². The second kappa shape index (κ2) is 12.5. The van der Waals surface area contributed by atoms with E-state index < -0.39 is 24.0 Å². The summed E-state index contributed by atoms with van der Waals surface area (Å²) in [5.74, 6) is -0.263. The predicted octanol–water partition coefficient (Wildman–Crippen LogP) is 5.87. The van der Waals surface area contributed by atoms with Crippen molar-refractivity contribution >= 4 is 23.5 Å². The lowest BCUT2D eigenvalue weighted by Crippen LogP contribution is -2.57. The fourth-order valence-electron chi connectivity index (χ4n) is 5.45. The van der Waals surface area contributed by atoms with Crippen molar-refractivity contribution in [1.82, 2.24) is 10.4 Å². The number of ether oxygens (including phenoxy) is 1. The van der Waals surface area contributed by atoms with E-state index in [4.69, 9.17) is 10.5 Å². The third-order valence-corrected chi connectivity index (χ3v) is 7.40. The highest BCUT2D eigenvalue weighted by Crippen LogP contribution is 2.41. The van der Waals surface area contributed by atoms with Gasteiger partial charge >= 0.3 is 6.03 Å². The summed E-state index contributed by atoms with van der Waals surface area (Å²) >= 11 is 0. The molecular formula is C33H40N4O4. The van der Waals surface area contributed by atoms with Crippen LogP contribution in [0.2, 0.25) is 0 Å². The Bertz CT molecular complexity index is 1370. The summed E-state index contributed by atoms with van der Waals surface area (Å²) in [5.41, 5.74) is 12.1. The van der Waals surface area contributed by atoms with Crippen molar-refractivity contribution < 1.29 is 19.1 Å². The van der Waals surface area contributed by atoms with E-state index in [1.165, 1.54) is 17.0 Å². The Kier molecular flexibility index (Phi) is 9.01. The van der Waals surface area contributed by atoms with Crippen molar-refractivity contribution in [1.29, 1.82) is 0 Å². The van der Waals surface area contributed by atoms with Crippen LogP contribution >= 0.6 is 0 Å². The molecule has 3 atom stereocenters. The zero-order chi connectivity index (χ0) is 29.7. The van der Waals surface area contributed by atoms with Gasteiger partial charge in [-0.15, -0.1) is 0 Å². The second-order valence-electron chi connectivity index (χ2n) is 11.9. The van der Waals surface area contributed by atoms with Crippen LogP contribution in [-0.2, 0) is 9.59 Å². The standard InChI is InChI=1S/C33H40N4O4/c1-22-14-16-24(17-15-22)28-18-25(23-10-7-6-8-11-23)19-29(31(39)37(28)35-30(38)21-33(2,3)4)36(32(34)40)26-12-9-13-27(20-26)41-5/h6-17,20,25,28-29H,18-19,21H2,1-5H3,(H2,34,40)(H,35,38). The van der Waals surface area contributed by atoms with Crippen molar-refractivity contribution in [2.75, 3.05) is 12.0 Å². The number of methoxy groups -OCH3 is 1. The summed E-state index contributed by atoms with van der Waals surface area (Å²) in [5, 5.41) is 1.43. The van der Waals surface area contributed by atoms with Gasteiger partial charge in [-0.2, -0.15) is 0 Å². The van der Waals surface area contributed by atoms with Gasteiger partial charge in [0.05, 0.1) is 18.8 Å². The first kappa shape index (κ1) is 29.6. The highest BCUT2D eigenvalue weighted by molar-refractivity contribution is 6.00. The molecule has 3 unspecified atom stereocenters. The van der Waals surface area contributed by atoms with E-state index in [-0.39, 0.29) is 23.7 Å². The number of carbonyl (C=O) groups is 3. The van der Waals surface area contributed by atoms with Gasteiger partial charge in [-0.25, -0.2) is 9.80 Å². The average Bonchev–Trinajstić information content (AvgIpc) is 3.06. The van der Waals surface area contributed by atoms with Crippen LogP contribution < -0.4 is 20.8 Å². The predicted molar refractivity (Wildman–Crippen MR) is 160 cm³/mol. The largest absolute Gasteiger partial charge is 0.497 e. The first-order chi connectivity index (χ1) is 19.5. The number of anilines is 1. The molecule has 3 N–H and O–H groups in total. The third-order valence-electron chi connectivity index (χ3n) is 7.40. The number of nitrogens with two attached hydrogens (primary N) is 1. The number of nitrogens with one attached hydrogen (secondary N) is 1. The van der Waals surface area contributed by atoms with Crippen LogP contribution in [0.5, 0.6) is 5.75 Å². The molecule has 3 aromatic rings. The molecule has 0 bridgehead atoms.